The lowest BCUT2D eigenvalue weighted by molar-refractivity contribution is 0.173. The summed E-state index contributed by atoms with van der Waals surface area (Å²) in [5.74, 6) is 1.64. The van der Waals surface area contributed by atoms with E-state index in [4.69, 9.17) is 25.5 Å². The van der Waals surface area contributed by atoms with Crippen LogP contribution in [0.1, 0.15) is 18.4 Å². The van der Waals surface area contributed by atoms with Crippen molar-refractivity contribution in [2.24, 2.45) is 0 Å². The lowest BCUT2D eigenvalue weighted by Crippen LogP contribution is -2.38. The number of benzene rings is 2. The van der Waals surface area contributed by atoms with Gasteiger partial charge in [-0.05, 0) is 58.6 Å². The minimum Gasteiger partial charge on any atom is -0.454 e. The second kappa shape index (κ2) is 8.13. The van der Waals surface area contributed by atoms with Crippen LogP contribution in [0.15, 0.2) is 50.1 Å². The van der Waals surface area contributed by atoms with Gasteiger partial charge < -0.3 is 19.2 Å². The van der Waals surface area contributed by atoms with Gasteiger partial charge in [-0.2, -0.15) is 0 Å². The van der Waals surface area contributed by atoms with Crippen LogP contribution in [0.2, 0.25) is 5.02 Å². The summed E-state index contributed by atoms with van der Waals surface area (Å²) in [6, 6.07) is 11.5. The Labute approximate surface area is 186 Å². The van der Waals surface area contributed by atoms with E-state index in [-0.39, 0.29) is 11.7 Å². The van der Waals surface area contributed by atoms with Crippen LogP contribution >= 0.6 is 27.5 Å². The Morgan fingerprint density at radius 2 is 1.90 bits per heavy atom. The third-order valence-electron chi connectivity index (χ3n) is 5.55. The fraction of sp³-hybridized carbons (Fsp3) is 0.318. The van der Waals surface area contributed by atoms with Crippen LogP contribution in [-0.2, 0) is 6.54 Å². The number of ether oxygens (including phenoxy) is 2. The van der Waals surface area contributed by atoms with E-state index >= 15 is 0 Å². The number of halogens is 2. The number of piperidine rings is 1. The zero-order chi connectivity index (χ0) is 20.7. The van der Waals surface area contributed by atoms with Crippen LogP contribution in [-0.4, -0.2) is 30.8 Å². The standard InChI is InChI=1S/C22H20BrClN2O4/c23-17-9-14(24)8-16-18(10-21(27)30-22(16)17)25-15-3-5-26(6-4-15)11-13-1-2-19-20(7-13)29-12-28-19/h1-2,7-10,15,25H,3-6,11-12H2. The Hall–Kier alpha value is -2.22. The molecule has 3 heterocycles. The highest BCUT2D eigenvalue weighted by molar-refractivity contribution is 9.10. The molecule has 5 rings (SSSR count). The molecule has 1 fully saturated rings. The average molecular weight is 492 g/mol. The molecule has 156 valence electrons. The molecule has 1 saturated heterocycles. The van der Waals surface area contributed by atoms with Crippen LogP contribution < -0.4 is 20.4 Å². The zero-order valence-corrected chi connectivity index (χ0v) is 18.5. The molecule has 2 aliphatic rings. The molecule has 30 heavy (non-hydrogen) atoms. The molecule has 0 saturated carbocycles. The summed E-state index contributed by atoms with van der Waals surface area (Å²) < 4.78 is 16.9. The number of nitrogens with zero attached hydrogens (tertiary/aromatic N) is 1. The van der Waals surface area contributed by atoms with E-state index in [1.165, 1.54) is 11.6 Å². The summed E-state index contributed by atoms with van der Waals surface area (Å²) in [6.07, 6.45) is 1.96. The zero-order valence-electron chi connectivity index (χ0n) is 16.1. The Kier molecular flexibility index (Phi) is 5.35. The minimum atomic E-state index is -0.381. The molecule has 3 aromatic rings. The summed E-state index contributed by atoms with van der Waals surface area (Å²) in [6.45, 7) is 3.11. The summed E-state index contributed by atoms with van der Waals surface area (Å²) in [4.78, 5) is 14.5. The van der Waals surface area contributed by atoms with E-state index in [0.29, 0.717) is 21.9 Å². The largest absolute Gasteiger partial charge is 0.454 e. The topological polar surface area (TPSA) is 63.9 Å². The van der Waals surface area contributed by atoms with Gasteiger partial charge in [0.25, 0.3) is 0 Å². The molecule has 0 unspecified atom stereocenters. The fourth-order valence-corrected chi connectivity index (χ4v) is 4.95. The first-order valence-electron chi connectivity index (χ1n) is 9.85. The second-order valence-corrected chi connectivity index (χ2v) is 8.92. The van der Waals surface area contributed by atoms with Crippen LogP contribution in [0.4, 0.5) is 5.69 Å². The monoisotopic (exact) mass is 490 g/mol. The number of fused-ring (bicyclic) bond motifs is 2. The Morgan fingerprint density at radius 1 is 1.10 bits per heavy atom. The molecule has 0 aliphatic carbocycles. The Morgan fingerprint density at radius 3 is 2.73 bits per heavy atom. The van der Waals surface area contributed by atoms with Gasteiger partial charge in [0.2, 0.25) is 6.79 Å². The fourth-order valence-electron chi connectivity index (χ4n) is 4.06. The van der Waals surface area contributed by atoms with Gasteiger partial charge in [-0.25, -0.2) is 4.79 Å². The van der Waals surface area contributed by atoms with Crippen LogP contribution in [0.3, 0.4) is 0 Å². The normalized spacial score (nSPS) is 16.9. The van der Waals surface area contributed by atoms with E-state index in [1.54, 1.807) is 6.07 Å². The van der Waals surface area contributed by atoms with Gasteiger partial charge in [-0.1, -0.05) is 17.7 Å². The van der Waals surface area contributed by atoms with Crippen molar-refractivity contribution in [2.75, 3.05) is 25.2 Å². The number of likely N-dealkylation sites (tertiary alicyclic amines) is 1. The first-order valence-corrected chi connectivity index (χ1v) is 11.0. The van der Waals surface area contributed by atoms with Crippen molar-refractivity contribution in [1.29, 1.82) is 0 Å². The molecule has 1 N–H and O–H groups in total. The van der Waals surface area contributed by atoms with E-state index < -0.39 is 0 Å². The van der Waals surface area contributed by atoms with Gasteiger partial charge in [0.05, 0.1) is 10.2 Å². The van der Waals surface area contributed by atoms with Gasteiger partial charge in [0, 0.05) is 42.2 Å². The van der Waals surface area contributed by atoms with Gasteiger partial charge in [-0.3, -0.25) is 4.90 Å². The maximum absolute atomic E-state index is 12.0. The molecule has 6 nitrogen and oxygen atoms in total. The predicted octanol–water partition coefficient (Wildman–Crippen LogP) is 5.01. The minimum absolute atomic E-state index is 0.278. The summed E-state index contributed by atoms with van der Waals surface area (Å²) >= 11 is 9.64. The highest BCUT2D eigenvalue weighted by Gasteiger charge is 2.22. The van der Waals surface area contributed by atoms with Crippen LogP contribution in [0, 0.1) is 0 Å². The Bertz CT molecular complexity index is 1160. The molecule has 0 atom stereocenters. The SMILES string of the molecule is O=c1cc(NC2CCN(Cc3ccc4c(c3)OCO4)CC2)c2cc(Cl)cc(Br)c2o1. The van der Waals surface area contributed by atoms with Gasteiger partial charge in [0.1, 0.15) is 0 Å². The summed E-state index contributed by atoms with van der Waals surface area (Å²) in [7, 11) is 0. The van der Waals surface area contributed by atoms with Crippen molar-refractivity contribution in [3.8, 4) is 11.5 Å². The van der Waals surface area contributed by atoms with E-state index in [0.717, 1.165) is 55.0 Å². The molecule has 0 bridgehead atoms. The molecule has 2 aromatic carbocycles. The van der Waals surface area contributed by atoms with Crippen molar-refractivity contribution in [3.63, 3.8) is 0 Å². The second-order valence-electron chi connectivity index (χ2n) is 7.63. The van der Waals surface area contributed by atoms with E-state index in [9.17, 15) is 4.79 Å². The van der Waals surface area contributed by atoms with Crippen molar-refractivity contribution in [2.45, 2.75) is 25.4 Å². The predicted molar refractivity (Wildman–Crippen MR) is 120 cm³/mol. The van der Waals surface area contributed by atoms with Crippen LogP contribution in [0.5, 0.6) is 11.5 Å². The highest BCUT2D eigenvalue weighted by atomic mass is 79.9. The van der Waals surface area contributed by atoms with Crippen molar-refractivity contribution >= 4 is 44.2 Å². The number of nitrogens with one attached hydrogen (secondary N) is 1. The van der Waals surface area contributed by atoms with Gasteiger partial charge in [0.15, 0.2) is 17.1 Å². The number of hydrogen-bond donors (Lipinski definition) is 1. The van der Waals surface area contributed by atoms with Gasteiger partial charge >= 0.3 is 5.63 Å². The highest BCUT2D eigenvalue weighted by Crippen LogP contribution is 2.34. The summed E-state index contributed by atoms with van der Waals surface area (Å²) in [5, 5.41) is 4.93. The molecule has 0 spiro atoms. The maximum atomic E-state index is 12.0. The number of anilines is 1. The first kappa shape index (κ1) is 19.7. The Balaban J connectivity index is 1.26. The smallest absolute Gasteiger partial charge is 0.338 e. The van der Waals surface area contributed by atoms with E-state index in [1.807, 2.05) is 12.1 Å². The third kappa shape index (κ3) is 4.02. The molecule has 8 heteroatoms. The van der Waals surface area contributed by atoms with Crippen molar-refractivity contribution < 1.29 is 13.9 Å². The molecular formula is C22H20BrClN2O4. The van der Waals surface area contributed by atoms with Gasteiger partial charge in [-0.15, -0.1) is 0 Å². The maximum Gasteiger partial charge on any atom is 0.338 e. The van der Waals surface area contributed by atoms with Crippen molar-refractivity contribution in [1.82, 2.24) is 4.90 Å². The quantitative estimate of drug-likeness (QED) is 0.518. The number of hydrogen-bond acceptors (Lipinski definition) is 6. The third-order valence-corrected chi connectivity index (χ3v) is 6.36. The average Bonchev–Trinajstić information content (AvgIpc) is 3.18. The molecule has 2 aliphatic heterocycles. The molecule has 1 aromatic heterocycles. The summed E-state index contributed by atoms with van der Waals surface area (Å²) in [5.41, 5.74) is 2.11. The lowest BCUT2D eigenvalue weighted by atomic mass is 10.0. The molecule has 0 radical (unpaired) electrons. The first-order chi connectivity index (χ1) is 14.5. The molecular weight excluding hydrogens is 472 g/mol. The lowest BCUT2D eigenvalue weighted by Gasteiger charge is -2.33. The molecule has 0 amide bonds. The van der Waals surface area contributed by atoms with Crippen molar-refractivity contribution in [3.05, 3.63) is 61.9 Å². The van der Waals surface area contributed by atoms with Crippen LogP contribution in [0.25, 0.3) is 11.0 Å². The van der Waals surface area contributed by atoms with E-state index in [2.05, 4.69) is 38.3 Å². The number of rotatable bonds is 4.